The van der Waals surface area contributed by atoms with E-state index in [1.807, 2.05) is 6.07 Å². The van der Waals surface area contributed by atoms with Crippen LogP contribution < -0.4 is 5.32 Å². The standard InChI is InChI=1S/C13H18N2O2/c1-10(14-12-6-2-3-7-12)11-5-4-8-13(9-11)15(16)17/h4-5,8-10,12,14H,2-3,6-7H2,1H3. The quantitative estimate of drug-likeness (QED) is 0.643. The topological polar surface area (TPSA) is 55.2 Å². The Kier molecular flexibility index (Phi) is 3.74. The van der Waals surface area contributed by atoms with Crippen molar-refractivity contribution in [2.45, 2.75) is 44.7 Å². The third-order valence-corrected chi connectivity index (χ3v) is 3.42. The van der Waals surface area contributed by atoms with Gasteiger partial charge < -0.3 is 5.32 Å². The summed E-state index contributed by atoms with van der Waals surface area (Å²) < 4.78 is 0. The first-order valence-corrected chi connectivity index (χ1v) is 6.17. The van der Waals surface area contributed by atoms with Crippen LogP contribution in [-0.2, 0) is 0 Å². The van der Waals surface area contributed by atoms with E-state index in [2.05, 4.69) is 12.2 Å². The van der Waals surface area contributed by atoms with Crippen LogP contribution in [0.15, 0.2) is 24.3 Å². The molecule has 1 aromatic carbocycles. The largest absolute Gasteiger partial charge is 0.307 e. The molecule has 0 aromatic heterocycles. The maximum Gasteiger partial charge on any atom is 0.269 e. The van der Waals surface area contributed by atoms with E-state index in [1.54, 1.807) is 12.1 Å². The highest BCUT2D eigenvalue weighted by Gasteiger charge is 2.18. The van der Waals surface area contributed by atoms with Crippen LogP contribution >= 0.6 is 0 Å². The van der Waals surface area contributed by atoms with Crippen molar-refractivity contribution in [2.24, 2.45) is 0 Å². The molecule has 92 valence electrons. The summed E-state index contributed by atoms with van der Waals surface area (Å²) >= 11 is 0. The molecule has 1 unspecified atom stereocenters. The predicted octanol–water partition coefficient (Wildman–Crippen LogP) is 3.19. The molecule has 0 spiro atoms. The van der Waals surface area contributed by atoms with Crippen LogP contribution in [0.5, 0.6) is 0 Å². The van der Waals surface area contributed by atoms with Crippen LogP contribution in [0.25, 0.3) is 0 Å². The van der Waals surface area contributed by atoms with Crippen molar-refractivity contribution in [3.63, 3.8) is 0 Å². The molecule has 0 heterocycles. The number of nitro groups is 1. The van der Waals surface area contributed by atoms with Crippen molar-refractivity contribution in [3.05, 3.63) is 39.9 Å². The number of rotatable bonds is 4. The number of hydrogen-bond acceptors (Lipinski definition) is 3. The second-order valence-electron chi connectivity index (χ2n) is 4.72. The van der Waals surface area contributed by atoms with Crippen molar-refractivity contribution >= 4 is 5.69 Å². The summed E-state index contributed by atoms with van der Waals surface area (Å²) in [5, 5.41) is 14.2. The van der Waals surface area contributed by atoms with Crippen LogP contribution in [0.1, 0.15) is 44.2 Å². The van der Waals surface area contributed by atoms with E-state index in [0.29, 0.717) is 6.04 Å². The van der Waals surface area contributed by atoms with E-state index < -0.39 is 0 Å². The number of nitro benzene ring substituents is 1. The van der Waals surface area contributed by atoms with Gasteiger partial charge in [-0.05, 0) is 25.3 Å². The van der Waals surface area contributed by atoms with Crippen LogP contribution in [0.3, 0.4) is 0 Å². The summed E-state index contributed by atoms with van der Waals surface area (Å²) in [6, 6.07) is 7.64. The average molecular weight is 234 g/mol. The molecular formula is C13H18N2O2. The van der Waals surface area contributed by atoms with Gasteiger partial charge in [-0.15, -0.1) is 0 Å². The molecule has 0 amide bonds. The lowest BCUT2D eigenvalue weighted by atomic mass is 10.1. The average Bonchev–Trinajstić information content (AvgIpc) is 2.82. The molecule has 0 aliphatic heterocycles. The number of non-ortho nitro benzene ring substituents is 1. The van der Waals surface area contributed by atoms with Gasteiger partial charge in [-0.2, -0.15) is 0 Å². The fraction of sp³-hybridized carbons (Fsp3) is 0.538. The number of benzene rings is 1. The van der Waals surface area contributed by atoms with Crippen LogP contribution in [0.2, 0.25) is 0 Å². The molecule has 4 nitrogen and oxygen atoms in total. The molecule has 4 heteroatoms. The molecule has 1 aliphatic rings. The number of hydrogen-bond donors (Lipinski definition) is 1. The normalized spacial score (nSPS) is 18.2. The van der Waals surface area contributed by atoms with Gasteiger partial charge in [0.25, 0.3) is 5.69 Å². The van der Waals surface area contributed by atoms with Crippen LogP contribution in [-0.4, -0.2) is 11.0 Å². The second-order valence-corrected chi connectivity index (χ2v) is 4.72. The summed E-state index contributed by atoms with van der Waals surface area (Å²) in [6.07, 6.45) is 5.02. The van der Waals surface area contributed by atoms with Gasteiger partial charge in [-0.25, -0.2) is 0 Å². The van der Waals surface area contributed by atoms with Crippen molar-refractivity contribution < 1.29 is 4.92 Å². The molecule has 1 fully saturated rings. The van der Waals surface area contributed by atoms with E-state index in [4.69, 9.17) is 0 Å². The lowest BCUT2D eigenvalue weighted by Crippen LogP contribution is -2.28. The van der Waals surface area contributed by atoms with Gasteiger partial charge in [-0.3, -0.25) is 10.1 Å². The Morgan fingerprint density at radius 1 is 1.41 bits per heavy atom. The molecule has 0 saturated heterocycles. The molecule has 2 rings (SSSR count). The molecule has 1 aromatic rings. The van der Waals surface area contributed by atoms with E-state index in [-0.39, 0.29) is 16.7 Å². The molecule has 0 bridgehead atoms. The highest BCUT2D eigenvalue weighted by atomic mass is 16.6. The van der Waals surface area contributed by atoms with E-state index >= 15 is 0 Å². The minimum absolute atomic E-state index is 0.169. The zero-order chi connectivity index (χ0) is 12.3. The van der Waals surface area contributed by atoms with Crippen molar-refractivity contribution in [1.82, 2.24) is 5.32 Å². The molecule has 1 N–H and O–H groups in total. The van der Waals surface area contributed by atoms with Gasteiger partial charge in [0.2, 0.25) is 0 Å². The highest BCUT2D eigenvalue weighted by molar-refractivity contribution is 5.35. The predicted molar refractivity (Wildman–Crippen MR) is 66.9 cm³/mol. The third-order valence-electron chi connectivity index (χ3n) is 3.42. The van der Waals surface area contributed by atoms with Crippen molar-refractivity contribution in [2.75, 3.05) is 0 Å². The van der Waals surface area contributed by atoms with Gasteiger partial charge in [0.15, 0.2) is 0 Å². The Balaban J connectivity index is 2.04. The molecule has 1 atom stereocenters. The van der Waals surface area contributed by atoms with Crippen LogP contribution in [0.4, 0.5) is 5.69 Å². The maximum absolute atomic E-state index is 10.7. The Hall–Kier alpha value is -1.42. The fourth-order valence-corrected chi connectivity index (χ4v) is 2.45. The van der Waals surface area contributed by atoms with Gasteiger partial charge in [0.05, 0.1) is 4.92 Å². The van der Waals surface area contributed by atoms with Crippen molar-refractivity contribution in [3.8, 4) is 0 Å². The van der Waals surface area contributed by atoms with Gasteiger partial charge in [0.1, 0.15) is 0 Å². The van der Waals surface area contributed by atoms with Crippen molar-refractivity contribution in [1.29, 1.82) is 0 Å². The fourth-order valence-electron chi connectivity index (χ4n) is 2.45. The maximum atomic E-state index is 10.7. The monoisotopic (exact) mass is 234 g/mol. The first-order valence-electron chi connectivity index (χ1n) is 6.17. The number of nitrogens with one attached hydrogen (secondary N) is 1. The van der Waals surface area contributed by atoms with Crippen LogP contribution in [0, 0.1) is 10.1 Å². The summed E-state index contributed by atoms with van der Waals surface area (Å²) in [4.78, 5) is 10.4. The van der Waals surface area contributed by atoms with Gasteiger partial charge in [0, 0.05) is 24.2 Å². The third kappa shape index (κ3) is 3.03. The Morgan fingerprint density at radius 2 is 2.12 bits per heavy atom. The highest BCUT2D eigenvalue weighted by Crippen LogP contribution is 2.23. The molecular weight excluding hydrogens is 216 g/mol. The van der Waals surface area contributed by atoms with E-state index in [0.717, 1.165) is 5.56 Å². The first-order chi connectivity index (χ1) is 8.16. The summed E-state index contributed by atoms with van der Waals surface area (Å²) in [7, 11) is 0. The minimum atomic E-state index is -0.341. The Labute approximate surface area is 101 Å². The molecule has 0 radical (unpaired) electrons. The second kappa shape index (κ2) is 5.27. The van der Waals surface area contributed by atoms with Gasteiger partial charge >= 0.3 is 0 Å². The zero-order valence-corrected chi connectivity index (χ0v) is 10.1. The molecule has 17 heavy (non-hydrogen) atoms. The zero-order valence-electron chi connectivity index (χ0n) is 10.1. The summed E-state index contributed by atoms with van der Waals surface area (Å²) in [6.45, 7) is 2.07. The molecule has 1 aliphatic carbocycles. The van der Waals surface area contributed by atoms with E-state index in [1.165, 1.54) is 31.7 Å². The summed E-state index contributed by atoms with van der Waals surface area (Å²) in [5.41, 5.74) is 1.16. The van der Waals surface area contributed by atoms with E-state index in [9.17, 15) is 10.1 Å². The molecule has 1 saturated carbocycles. The smallest absolute Gasteiger partial charge is 0.269 e. The lowest BCUT2D eigenvalue weighted by Gasteiger charge is -2.19. The van der Waals surface area contributed by atoms with Gasteiger partial charge in [-0.1, -0.05) is 25.0 Å². The SMILES string of the molecule is CC(NC1CCCC1)c1cccc([N+](=O)[O-])c1. The minimum Gasteiger partial charge on any atom is -0.307 e. The Bertz CT molecular complexity index is 400. The lowest BCUT2D eigenvalue weighted by molar-refractivity contribution is -0.384. The number of nitrogens with zero attached hydrogens (tertiary/aromatic N) is 1. The Morgan fingerprint density at radius 3 is 2.76 bits per heavy atom. The summed E-state index contributed by atoms with van der Waals surface area (Å²) in [5.74, 6) is 0. The first kappa shape index (κ1) is 12.0.